The first kappa shape index (κ1) is 13.5. The van der Waals surface area contributed by atoms with Crippen molar-refractivity contribution in [3.63, 3.8) is 0 Å². The molecule has 0 unspecified atom stereocenters. The van der Waals surface area contributed by atoms with Gasteiger partial charge in [0.1, 0.15) is 0 Å². The van der Waals surface area contributed by atoms with Crippen LogP contribution in [-0.2, 0) is 0 Å². The van der Waals surface area contributed by atoms with E-state index in [0.29, 0.717) is 21.8 Å². The second-order valence-electron chi connectivity index (χ2n) is 3.88. The number of halogens is 2. The van der Waals surface area contributed by atoms with Crippen molar-refractivity contribution in [1.82, 2.24) is 0 Å². The van der Waals surface area contributed by atoms with Crippen molar-refractivity contribution in [1.29, 1.82) is 0 Å². The smallest absolute Gasteiger partial charge is 0.279 e. The van der Waals surface area contributed by atoms with Crippen LogP contribution in [0.2, 0.25) is 10.0 Å². The number of nitro benzene ring substituents is 1. The van der Waals surface area contributed by atoms with Crippen molar-refractivity contribution in [2.45, 2.75) is 0 Å². The molecule has 0 atom stereocenters. The van der Waals surface area contributed by atoms with Gasteiger partial charge in [-0.1, -0.05) is 29.3 Å². The van der Waals surface area contributed by atoms with E-state index < -0.39 is 4.92 Å². The average molecular weight is 298 g/mol. The fraction of sp³-hybridized carbons (Fsp3) is 0. The lowest BCUT2D eigenvalue weighted by atomic mass is 10.0. The predicted molar refractivity (Wildman–Crippen MR) is 77.4 cm³/mol. The molecule has 2 rings (SSSR count). The summed E-state index contributed by atoms with van der Waals surface area (Å²) >= 11 is 11.8. The largest absolute Gasteiger partial charge is 0.398 e. The van der Waals surface area contributed by atoms with Crippen molar-refractivity contribution in [2.75, 3.05) is 11.5 Å². The van der Waals surface area contributed by atoms with Gasteiger partial charge in [0.15, 0.2) is 0 Å². The van der Waals surface area contributed by atoms with Gasteiger partial charge in [-0.25, -0.2) is 0 Å². The van der Waals surface area contributed by atoms with Gasteiger partial charge in [0, 0.05) is 6.07 Å². The van der Waals surface area contributed by atoms with E-state index in [1.165, 1.54) is 12.1 Å². The van der Waals surface area contributed by atoms with Gasteiger partial charge < -0.3 is 11.5 Å². The Kier molecular flexibility index (Phi) is 3.50. The minimum atomic E-state index is -0.522. The summed E-state index contributed by atoms with van der Waals surface area (Å²) in [6, 6.07) is 7.42. The Balaban J connectivity index is 2.69. The molecule has 0 spiro atoms. The summed E-state index contributed by atoms with van der Waals surface area (Å²) in [5, 5.41) is 11.6. The lowest BCUT2D eigenvalue weighted by molar-refractivity contribution is -0.384. The van der Waals surface area contributed by atoms with Crippen molar-refractivity contribution in [2.24, 2.45) is 0 Å². The summed E-state index contributed by atoms with van der Waals surface area (Å²) < 4.78 is 0. The Bertz CT molecular complexity index is 674. The molecule has 98 valence electrons. The van der Waals surface area contributed by atoms with Crippen LogP contribution in [0.1, 0.15) is 0 Å². The normalized spacial score (nSPS) is 10.4. The van der Waals surface area contributed by atoms with E-state index in [1.807, 2.05) is 0 Å². The molecule has 0 radical (unpaired) electrons. The molecule has 2 aromatic rings. The Hall–Kier alpha value is -1.98. The second-order valence-corrected chi connectivity index (χ2v) is 4.70. The average Bonchev–Trinajstić information content (AvgIpc) is 2.35. The van der Waals surface area contributed by atoms with Crippen LogP contribution in [0.5, 0.6) is 0 Å². The molecule has 0 aromatic heterocycles. The first-order valence-electron chi connectivity index (χ1n) is 5.19. The number of hydrogen-bond donors (Lipinski definition) is 2. The number of anilines is 2. The summed E-state index contributed by atoms with van der Waals surface area (Å²) in [6.07, 6.45) is 0. The summed E-state index contributed by atoms with van der Waals surface area (Å²) in [6.45, 7) is 0. The fourth-order valence-corrected chi connectivity index (χ4v) is 2.00. The van der Waals surface area contributed by atoms with Gasteiger partial charge >= 0.3 is 0 Å². The first-order chi connectivity index (χ1) is 8.90. The van der Waals surface area contributed by atoms with Crippen LogP contribution in [0, 0.1) is 10.1 Å². The number of nitrogen functional groups attached to an aromatic ring is 2. The van der Waals surface area contributed by atoms with Crippen LogP contribution in [0.3, 0.4) is 0 Å². The van der Waals surface area contributed by atoms with Gasteiger partial charge in [0.05, 0.1) is 31.9 Å². The lowest BCUT2D eigenvalue weighted by Gasteiger charge is -2.07. The highest BCUT2D eigenvalue weighted by Crippen LogP contribution is 2.37. The molecular weight excluding hydrogens is 289 g/mol. The summed E-state index contributed by atoms with van der Waals surface area (Å²) in [7, 11) is 0. The van der Waals surface area contributed by atoms with Gasteiger partial charge in [-0.05, 0) is 23.8 Å². The summed E-state index contributed by atoms with van der Waals surface area (Å²) in [5.41, 5.74) is 12.5. The van der Waals surface area contributed by atoms with E-state index in [0.717, 1.165) is 0 Å². The Morgan fingerprint density at radius 2 is 1.63 bits per heavy atom. The lowest BCUT2D eigenvalue weighted by Crippen LogP contribution is -1.96. The monoisotopic (exact) mass is 297 g/mol. The van der Waals surface area contributed by atoms with Gasteiger partial charge in [-0.15, -0.1) is 0 Å². The van der Waals surface area contributed by atoms with Crippen LogP contribution < -0.4 is 11.5 Å². The SMILES string of the molecule is Nc1ccc(-c2cc(Cl)c(N)cc2[N+](=O)[O-])cc1Cl. The molecule has 0 fully saturated rings. The zero-order chi connectivity index (χ0) is 14.2. The molecule has 7 heteroatoms. The molecule has 0 aliphatic rings. The third kappa shape index (κ3) is 2.57. The van der Waals surface area contributed by atoms with Crippen molar-refractivity contribution in [3.8, 4) is 11.1 Å². The van der Waals surface area contributed by atoms with Crippen LogP contribution in [0.4, 0.5) is 17.1 Å². The van der Waals surface area contributed by atoms with Crippen molar-refractivity contribution < 1.29 is 4.92 Å². The molecule has 0 heterocycles. The van der Waals surface area contributed by atoms with Crippen molar-refractivity contribution >= 4 is 40.3 Å². The molecule has 2 aromatic carbocycles. The summed E-state index contributed by atoms with van der Waals surface area (Å²) in [5.74, 6) is 0. The van der Waals surface area contributed by atoms with Crippen LogP contribution in [0.15, 0.2) is 30.3 Å². The third-order valence-corrected chi connectivity index (χ3v) is 3.28. The Morgan fingerprint density at radius 3 is 2.21 bits per heavy atom. The standard InChI is InChI=1S/C12H9Cl2N3O2/c13-8-3-6(1-2-10(8)15)7-4-9(14)11(16)5-12(7)17(18)19/h1-5H,15-16H2. The quantitative estimate of drug-likeness (QED) is 0.501. The molecule has 0 aliphatic carbocycles. The fourth-order valence-electron chi connectivity index (χ4n) is 1.65. The number of nitrogens with two attached hydrogens (primary N) is 2. The molecule has 19 heavy (non-hydrogen) atoms. The predicted octanol–water partition coefficient (Wildman–Crippen LogP) is 3.73. The van der Waals surface area contributed by atoms with Gasteiger partial charge in [-0.3, -0.25) is 10.1 Å². The minimum absolute atomic E-state index is 0.136. The van der Waals surface area contributed by atoms with E-state index in [-0.39, 0.29) is 16.4 Å². The Morgan fingerprint density at radius 1 is 1.00 bits per heavy atom. The van der Waals surface area contributed by atoms with E-state index in [4.69, 9.17) is 34.7 Å². The summed E-state index contributed by atoms with van der Waals surface area (Å²) in [4.78, 5) is 10.5. The second kappa shape index (κ2) is 4.95. The van der Waals surface area contributed by atoms with E-state index in [2.05, 4.69) is 0 Å². The van der Waals surface area contributed by atoms with E-state index >= 15 is 0 Å². The third-order valence-electron chi connectivity index (χ3n) is 2.62. The van der Waals surface area contributed by atoms with Gasteiger partial charge in [0.25, 0.3) is 5.69 Å². The molecule has 0 aliphatic heterocycles. The number of hydrogen-bond acceptors (Lipinski definition) is 4. The van der Waals surface area contributed by atoms with E-state index in [1.54, 1.807) is 18.2 Å². The molecular formula is C12H9Cl2N3O2. The Labute approximate surface area is 118 Å². The highest BCUT2D eigenvalue weighted by Gasteiger charge is 2.18. The van der Waals surface area contributed by atoms with Crippen LogP contribution in [-0.4, -0.2) is 4.92 Å². The number of nitrogens with zero attached hydrogens (tertiary/aromatic N) is 1. The maximum atomic E-state index is 11.1. The van der Waals surface area contributed by atoms with Gasteiger partial charge in [-0.2, -0.15) is 0 Å². The van der Waals surface area contributed by atoms with Gasteiger partial charge in [0.2, 0.25) is 0 Å². The highest BCUT2D eigenvalue weighted by atomic mass is 35.5. The first-order valence-corrected chi connectivity index (χ1v) is 5.94. The molecule has 0 saturated heterocycles. The number of rotatable bonds is 2. The highest BCUT2D eigenvalue weighted by molar-refractivity contribution is 6.34. The van der Waals surface area contributed by atoms with Crippen LogP contribution >= 0.6 is 23.2 Å². The maximum Gasteiger partial charge on any atom is 0.279 e. The van der Waals surface area contributed by atoms with E-state index in [9.17, 15) is 10.1 Å². The number of nitro groups is 1. The zero-order valence-corrected chi connectivity index (χ0v) is 11.1. The molecule has 5 nitrogen and oxygen atoms in total. The molecule has 0 amide bonds. The number of benzene rings is 2. The molecule has 0 saturated carbocycles. The van der Waals surface area contributed by atoms with Crippen molar-refractivity contribution in [3.05, 3.63) is 50.5 Å². The topological polar surface area (TPSA) is 95.2 Å². The zero-order valence-electron chi connectivity index (χ0n) is 9.56. The van der Waals surface area contributed by atoms with Crippen LogP contribution in [0.25, 0.3) is 11.1 Å². The maximum absolute atomic E-state index is 11.1. The molecule has 0 bridgehead atoms. The molecule has 4 N–H and O–H groups in total. The minimum Gasteiger partial charge on any atom is -0.398 e.